The highest BCUT2D eigenvalue weighted by Crippen LogP contribution is 2.36. The predicted octanol–water partition coefficient (Wildman–Crippen LogP) is 4.47. The van der Waals surface area contributed by atoms with Crippen molar-refractivity contribution in [2.24, 2.45) is 0 Å². The van der Waals surface area contributed by atoms with E-state index in [1.165, 1.54) is 4.90 Å². The van der Waals surface area contributed by atoms with Crippen LogP contribution in [0.3, 0.4) is 0 Å². The number of nitrogens with one attached hydrogen (secondary N) is 1. The van der Waals surface area contributed by atoms with Crippen LogP contribution in [0.15, 0.2) is 72.4 Å². The van der Waals surface area contributed by atoms with Crippen LogP contribution >= 0.6 is 0 Å². The Morgan fingerprint density at radius 3 is 2.41 bits per heavy atom. The molecule has 0 fully saturated rings. The first-order valence-electron chi connectivity index (χ1n) is 10.6. The van der Waals surface area contributed by atoms with Crippen LogP contribution in [0.25, 0.3) is 16.3 Å². The summed E-state index contributed by atoms with van der Waals surface area (Å²) in [4.78, 5) is 28.1. The van der Waals surface area contributed by atoms with Gasteiger partial charge in [0.25, 0.3) is 11.8 Å². The summed E-state index contributed by atoms with van der Waals surface area (Å²) in [7, 11) is 1.55. The maximum atomic E-state index is 13.4. The first kappa shape index (κ1) is 21.6. The minimum Gasteiger partial charge on any atom is -0.496 e. The maximum absolute atomic E-state index is 13.4. The molecule has 2 amide bonds. The molecular weight excluding hydrogens is 404 g/mol. The number of fused-ring (bicyclic) bond motifs is 1. The van der Waals surface area contributed by atoms with Gasteiger partial charge in [-0.1, -0.05) is 54.6 Å². The number of benzene rings is 3. The lowest BCUT2D eigenvalue weighted by Gasteiger charge is -2.17. The first-order chi connectivity index (χ1) is 15.5. The van der Waals surface area contributed by atoms with Crippen molar-refractivity contribution in [2.45, 2.75) is 20.0 Å². The minimum atomic E-state index is -0.379. The highest BCUT2D eigenvalue weighted by molar-refractivity contribution is 6.37. The van der Waals surface area contributed by atoms with Crippen LogP contribution < -0.4 is 10.1 Å². The number of methoxy groups -OCH3 is 1. The molecular formula is C26H26N2O4. The van der Waals surface area contributed by atoms with Gasteiger partial charge in [0.1, 0.15) is 11.4 Å². The minimum absolute atomic E-state index is 0.0118. The third-order valence-electron chi connectivity index (χ3n) is 5.36. The zero-order valence-electron chi connectivity index (χ0n) is 18.4. The Kier molecular flexibility index (Phi) is 6.23. The Bertz CT molecular complexity index is 1190. The standard InChI is InChI=1S/C26H26N2O4/c1-17(2)32-16-15-28-25(29)23(20-12-6-7-14-22(20)31-3)24(26(28)30)27-21-13-8-10-18-9-4-5-11-19(18)21/h4-14,17,27H,15-16H2,1-3H3. The highest BCUT2D eigenvalue weighted by Gasteiger charge is 2.40. The van der Waals surface area contributed by atoms with Gasteiger partial charge in [0.15, 0.2) is 0 Å². The van der Waals surface area contributed by atoms with Crippen LogP contribution in [0.1, 0.15) is 19.4 Å². The van der Waals surface area contributed by atoms with E-state index in [1.807, 2.05) is 68.4 Å². The molecule has 1 heterocycles. The molecule has 3 aromatic carbocycles. The molecule has 3 aromatic rings. The summed E-state index contributed by atoms with van der Waals surface area (Å²) in [6.45, 7) is 4.28. The van der Waals surface area contributed by atoms with E-state index in [0.717, 1.165) is 16.5 Å². The van der Waals surface area contributed by atoms with Crippen molar-refractivity contribution >= 4 is 33.8 Å². The fourth-order valence-electron chi connectivity index (χ4n) is 3.84. The number of carbonyl (C=O) groups is 2. The van der Waals surface area contributed by atoms with Gasteiger partial charge in [-0.3, -0.25) is 14.5 Å². The number of amides is 2. The molecule has 32 heavy (non-hydrogen) atoms. The van der Waals surface area contributed by atoms with Crippen molar-refractivity contribution < 1.29 is 19.1 Å². The van der Waals surface area contributed by atoms with Gasteiger partial charge >= 0.3 is 0 Å². The normalized spacial score (nSPS) is 14.1. The summed E-state index contributed by atoms with van der Waals surface area (Å²) in [5.41, 5.74) is 1.86. The fraction of sp³-hybridized carbons (Fsp3) is 0.231. The van der Waals surface area contributed by atoms with Gasteiger partial charge in [-0.25, -0.2) is 0 Å². The Labute approximate surface area is 187 Å². The van der Waals surface area contributed by atoms with E-state index < -0.39 is 0 Å². The van der Waals surface area contributed by atoms with E-state index in [-0.39, 0.29) is 36.8 Å². The molecule has 0 saturated carbocycles. The molecule has 164 valence electrons. The van der Waals surface area contributed by atoms with Gasteiger partial charge in [-0.15, -0.1) is 0 Å². The summed E-state index contributed by atoms with van der Waals surface area (Å²) >= 11 is 0. The number of ether oxygens (including phenoxy) is 2. The lowest BCUT2D eigenvalue weighted by molar-refractivity contribution is -0.137. The van der Waals surface area contributed by atoms with Crippen LogP contribution in [0, 0.1) is 0 Å². The SMILES string of the molecule is COc1ccccc1C1=C(Nc2cccc3ccccc23)C(=O)N(CCOC(C)C)C1=O. The number of imide groups is 1. The van der Waals surface area contributed by atoms with Crippen LogP contribution in [-0.4, -0.2) is 43.1 Å². The number of rotatable bonds is 8. The molecule has 6 nitrogen and oxygen atoms in total. The van der Waals surface area contributed by atoms with E-state index in [4.69, 9.17) is 9.47 Å². The average Bonchev–Trinajstić information content (AvgIpc) is 3.03. The third kappa shape index (κ3) is 4.09. The third-order valence-corrected chi connectivity index (χ3v) is 5.36. The van der Waals surface area contributed by atoms with Crippen molar-refractivity contribution in [3.63, 3.8) is 0 Å². The average molecular weight is 431 g/mol. The maximum Gasteiger partial charge on any atom is 0.278 e. The molecule has 0 atom stereocenters. The molecule has 0 radical (unpaired) electrons. The molecule has 0 unspecified atom stereocenters. The largest absolute Gasteiger partial charge is 0.496 e. The summed E-state index contributed by atoms with van der Waals surface area (Å²) < 4.78 is 11.1. The van der Waals surface area contributed by atoms with E-state index >= 15 is 0 Å². The Hall–Kier alpha value is -3.64. The van der Waals surface area contributed by atoms with Crippen molar-refractivity contribution in [3.05, 3.63) is 78.0 Å². The van der Waals surface area contributed by atoms with Crippen LogP contribution in [0.2, 0.25) is 0 Å². The molecule has 4 rings (SSSR count). The lowest BCUT2D eigenvalue weighted by Crippen LogP contribution is -2.35. The van der Waals surface area contributed by atoms with Crippen molar-refractivity contribution in [1.82, 2.24) is 4.90 Å². The molecule has 6 heteroatoms. The van der Waals surface area contributed by atoms with Crippen molar-refractivity contribution in [2.75, 3.05) is 25.6 Å². The number of anilines is 1. The Balaban J connectivity index is 1.79. The van der Waals surface area contributed by atoms with E-state index in [0.29, 0.717) is 16.9 Å². The number of hydrogen-bond donors (Lipinski definition) is 1. The summed E-state index contributed by atoms with van der Waals surface area (Å²) in [5.74, 6) is -0.216. The monoisotopic (exact) mass is 430 g/mol. The van der Waals surface area contributed by atoms with E-state index in [9.17, 15) is 9.59 Å². The topological polar surface area (TPSA) is 67.9 Å². The fourth-order valence-corrected chi connectivity index (χ4v) is 3.84. The summed E-state index contributed by atoms with van der Waals surface area (Å²) in [5, 5.41) is 5.26. The van der Waals surface area contributed by atoms with Gasteiger partial charge in [0, 0.05) is 16.6 Å². The molecule has 0 bridgehead atoms. The smallest absolute Gasteiger partial charge is 0.278 e. The van der Waals surface area contributed by atoms with Gasteiger partial charge in [-0.2, -0.15) is 0 Å². The van der Waals surface area contributed by atoms with Crippen LogP contribution in [0.4, 0.5) is 5.69 Å². The molecule has 1 N–H and O–H groups in total. The number of hydrogen-bond acceptors (Lipinski definition) is 5. The van der Waals surface area contributed by atoms with Crippen molar-refractivity contribution in [3.8, 4) is 5.75 Å². The van der Waals surface area contributed by atoms with Crippen LogP contribution in [0.5, 0.6) is 5.75 Å². The summed E-state index contributed by atoms with van der Waals surface area (Å²) in [6, 6.07) is 20.9. The Morgan fingerprint density at radius 2 is 1.62 bits per heavy atom. The second-order valence-corrected chi connectivity index (χ2v) is 7.78. The Morgan fingerprint density at radius 1 is 0.906 bits per heavy atom. The zero-order valence-corrected chi connectivity index (χ0v) is 18.4. The lowest BCUT2D eigenvalue weighted by atomic mass is 10.0. The van der Waals surface area contributed by atoms with Gasteiger partial charge in [-0.05, 0) is 31.4 Å². The zero-order chi connectivity index (χ0) is 22.7. The van der Waals surface area contributed by atoms with Crippen molar-refractivity contribution in [1.29, 1.82) is 0 Å². The van der Waals surface area contributed by atoms with E-state index in [2.05, 4.69) is 5.32 Å². The predicted molar refractivity (Wildman–Crippen MR) is 125 cm³/mol. The molecule has 0 aliphatic carbocycles. The highest BCUT2D eigenvalue weighted by atomic mass is 16.5. The van der Waals surface area contributed by atoms with Gasteiger partial charge in [0.05, 0.1) is 31.9 Å². The molecule has 0 saturated heterocycles. The number of nitrogens with zero attached hydrogens (tertiary/aromatic N) is 1. The van der Waals surface area contributed by atoms with E-state index in [1.54, 1.807) is 19.2 Å². The number of para-hydroxylation sites is 1. The van der Waals surface area contributed by atoms with Gasteiger partial charge in [0.2, 0.25) is 0 Å². The quantitative estimate of drug-likeness (QED) is 0.534. The summed E-state index contributed by atoms with van der Waals surface area (Å²) in [6.07, 6.45) is 0.0118. The number of carbonyl (C=O) groups excluding carboxylic acids is 2. The molecule has 0 aromatic heterocycles. The van der Waals surface area contributed by atoms with Gasteiger partial charge < -0.3 is 14.8 Å². The van der Waals surface area contributed by atoms with Crippen LogP contribution in [-0.2, 0) is 14.3 Å². The molecule has 1 aliphatic heterocycles. The molecule has 0 spiro atoms. The first-order valence-corrected chi connectivity index (χ1v) is 10.6. The molecule has 1 aliphatic rings. The second kappa shape index (κ2) is 9.24. The second-order valence-electron chi connectivity index (χ2n) is 7.78.